The molecular weight excluding hydrogens is 246 g/mol. The van der Waals surface area contributed by atoms with Gasteiger partial charge in [0.1, 0.15) is 12.2 Å². The van der Waals surface area contributed by atoms with Gasteiger partial charge in [-0.3, -0.25) is 9.59 Å². The van der Waals surface area contributed by atoms with Crippen LogP contribution in [0.2, 0.25) is 0 Å². The maximum Gasteiger partial charge on any atom is 0.315 e. The molecule has 1 rings (SSSR count). The number of ether oxygens (including phenoxy) is 2. The van der Waals surface area contributed by atoms with E-state index in [-0.39, 0.29) is 12.3 Å². The van der Waals surface area contributed by atoms with Crippen molar-refractivity contribution < 1.29 is 19.1 Å². The molecule has 0 heterocycles. The summed E-state index contributed by atoms with van der Waals surface area (Å²) < 4.78 is 9.65. The summed E-state index contributed by atoms with van der Waals surface area (Å²) >= 11 is 0. The van der Waals surface area contributed by atoms with E-state index >= 15 is 0 Å². The van der Waals surface area contributed by atoms with Crippen molar-refractivity contribution in [2.24, 2.45) is 0 Å². The molecule has 0 spiro atoms. The van der Waals surface area contributed by atoms with Gasteiger partial charge in [0.05, 0.1) is 14.2 Å². The Balaban J connectivity index is 2.66. The van der Waals surface area contributed by atoms with Crippen LogP contribution >= 0.6 is 0 Å². The molecule has 0 aliphatic heterocycles. The van der Waals surface area contributed by atoms with Gasteiger partial charge in [0.25, 0.3) is 0 Å². The third kappa shape index (κ3) is 4.28. The molecule has 1 aromatic rings. The number of hydrogen-bond donors (Lipinski definition) is 0. The zero-order chi connectivity index (χ0) is 14.4. The number of nitrogens with zero attached hydrogens (tertiary/aromatic N) is 1. The Morgan fingerprint density at radius 1 is 1.26 bits per heavy atom. The molecule has 0 saturated heterocycles. The van der Waals surface area contributed by atoms with Crippen LogP contribution < -0.4 is 4.74 Å². The zero-order valence-corrected chi connectivity index (χ0v) is 11.7. The van der Waals surface area contributed by atoms with Crippen molar-refractivity contribution in [1.29, 1.82) is 0 Å². The summed E-state index contributed by atoms with van der Waals surface area (Å²) in [6.07, 6.45) is -0.234. The van der Waals surface area contributed by atoms with Gasteiger partial charge in [-0.25, -0.2) is 0 Å². The molecule has 0 aromatic heterocycles. The summed E-state index contributed by atoms with van der Waals surface area (Å²) in [5.74, 6) is 0.0235. The van der Waals surface area contributed by atoms with Crippen molar-refractivity contribution in [3.05, 3.63) is 29.3 Å². The van der Waals surface area contributed by atoms with Gasteiger partial charge in [0.15, 0.2) is 0 Å². The average molecular weight is 265 g/mol. The summed E-state index contributed by atoms with van der Waals surface area (Å²) in [6, 6.07) is 5.72. The Kier molecular flexibility index (Phi) is 5.36. The zero-order valence-electron chi connectivity index (χ0n) is 11.7. The van der Waals surface area contributed by atoms with Crippen LogP contribution in [0.4, 0.5) is 0 Å². The average Bonchev–Trinajstić information content (AvgIpc) is 2.38. The molecule has 0 unspecified atom stereocenters. The first-order chi connectivity index (χ1) is 8.97. The van der Waals surface area contributed by atoms with Crippen molar-refractivity contribution in [2.75, 3.05) is 21.3 Å². The van der Waals surface area contributed by atoms with E-state index in [1.54, 1.807) is 14.2 Å². The predicted molar refractivity (Wildman–Crippen MR) is 70.8 cm³/mol. The van der Waals surface area contributed by atoms with Gasteiger partial charge < -0.3 is 14.4 Å². The molecule has 0 saturated carbocycles. The highest BCUT2D eigenvalue weighted by atomic mass is 16.5. The van der Waals surface area contributed by atoms with Crippen molar-refractivity contribution in [3.63, 3.8) is 0 Å². The number of rotatable bonds is 5. The van der Waals surface area contributed by atoms with Crippen LogP contribution in [-0.2, 0) is 20.9 Å². The predicted octanol–water partition coefficient (Wildman–Crippen LogP) is 1.53. The van der Waals surface area contributed by atoms with Crippen LogP contribution in [0.25, 0.3) is 0 Å². The first-order valence-corrected chi connectivity index (χ1v) is 5.92. The van der Waals surface area contributed by atoms with Crippen molar-refractivity contribution in [1.82, 2.24) is 4.90 Å². The summed E-state index contributed by atoms with van der Waals surface area (Å²) in [7, 11) is 4.54. The monoisotopic (exact) mass is 265 g/mol. The molecule has 19 heavy (non-hydrogen) atoms. The summed E-state index contributed by atoms with van der Waals surface area (Å²) in [5.41, 5.74) is 1.99. The minimum absolute atomic E-state index is 0.234. The number of hydrogen-bond acceptors (Lipinski definition) is 4. The molecule has 1 amide bonds. The quantitative estimate of drug-likeness (QED) is 0.598. The number of aryl methyl sites for hydroxylation is 1. The Morgan fingerprint density at radius 2 is 1.95 bits per heavy atom. The van der Waals surface area contributed by atoms with E-state index < -0.39 is 5.97 Å². The standard InChI is InChI=1S/C14H19NO4/c1-10-7-11(5-6-12(10)18-3)9-15(2)13(16)8-14(17)19-4/h5-7H,8-9H2,1-4H3. The number of amides is 1. The molecule has 104 valence electrons. The fourth-order valence-electron chi connectivity index (χ4n) is 1.73. The molecule has 0 N–H and O–H groups in total. The highest BCUT2D eigenvalue weighted by Crippen LogP contribution is 2.19. The first kappa shape index (κ1) is 15.0. The lowest BCUT2D eigenvalue weighted by atomic mass is 10.1. The Morgan fingerprint density at radius 3 is 2.47 bits per heavy atom. The lowest BCUT2D eigenvalue weighted by Gasteiger charge is -2.17. The molecule has 1 aromatic carbocycles. The minimum Gasteiger partial charge on any atom is -0.496 e. The maximum atomic E-state index is 11.7. The molecule has 5 heteroatoms. The molecule has 0 aliphatic rings. The van der Waals surface area contributed by atoms with Gasteiger partial charge in [-0.15, -0.1) is 0 Å². The number of carbonyl (C=O) groups excluding carboxylic acids is 2. The molecule has 0 fully saturated rings. The smallest absolute Gasteiger partial charge is 0.315 e. The molecular formula is C14H19NO4. The normalized spacial score (nSPS) is 9.89. The van der Waals surface area contributed by atoms with E-state index in [0.29, 0.717) is 6.54 Å². The fourth-order valence-corrected chi connectivity index (χ4v) is 1.73. The maximum absolute atomic E-state index is 11.7. The van der Waals surface area contributed by atoms with Gasteiger partial charge in [-0.1, -0.05) is 12.1 Å². The lowest BCUT2D eigenvalue weighted by Crippen LogP contribution is -2.28. The van der Waals surface area contributed by atoms with Crippen LogP contribution in [-0.4, -0.2) is 38.0 Å². The van der Waals surface area contributed by atoms with Gasteiger partial charge in [-0.2, -0.15) is 0 Å². The second-order valence-electron chi connectivity index (χ2n) is 4.31. The third-order valence-corrected chi connectivity index (χ3v) is 2.83. The highest BCUT2D eigenvalue weighted by molar-refractivity contribution is 5.94. The summed E-state index contributed by atoms with van der Waals surface area (Å²) in [5, 5.41) is 0. The summed E-state index contributed by atoms with van der Waals surface area (Å²) in [4.78, 5) is 24.3. The van der Waals surface area contributed by atoms with Crippen molar-refractivity contribution in [3.8, 4) is 5.75 Å². The number of carbonyl (C=O) groups is 2. The van der Waals surface area contributed by atoms with Gasteiger partial charge in [-0.05, 0) is 24.1 Å². The lowest BCUT2D eigenvalue weighted by molar-refractivity contribution is -0.146. The van der Waals surface area contributed by atoms with Gasteiger partial charge >= 0.3 is 5.97 Å². The van der Waals surface area contributed by atoms with E-state index in [1.807, 2.05) is 25.1 Å². The van der Waals surface area contributed by atoms with Crippen LogP contribution in [0.1, 0.15) is 17.5 Å². The van der Waals surface area contributed by atoms with Crippen LogP contribution in [0.3, 0.4) is 0 Å². The van der Waals surface area contributed by atoms with Crippen LogP contribution in [0.5, 0.6) is 5.75 Å². The Labute approximate surface area is 113 Å². The molecule has 0 bridgehead atoms. The molecule has 5 nitrogen and oxygen atoms in total. The number of benzene rings is 1. The Hall–Kier alpha value is -2.04. The van der Waals surface area contributed by atoms with E-state index in [4.69, 9.17) is 4.74 Å². The minimum atomic E-state index is -0.525. The number of esters is 1. The third-order valence-electron chi connectivity index (χ3n) is 2.83. The summed E-state index contributed by atoms with van der Waals surface area (Å²) in [6.45, 7) is 2.39. The second kappa shape index (κ2) is 6.78. The number of methoxy groups -OCH3 is 2. The van der Waals surface area contributed by atoms with E-state index in [9.17, 15) is 9.59 Å². The van der Waals surface area contributed by atoms with E-state index in [1.165, 1.54) is 12.0 Å². The fraction of sp³-hybridized carbons (Fsp3) is 0.429. The van der Waals surface area contributed by atoms with Crippen molar-refractivity contribution >= 4 is 11.9 Å². The topological polar surface area (TPSA) is 55.8 Å². The second-order valence-corrected chi connectivity index (χ2v) is 4.31. The molecule has 0 radical (unpaired) electrons. The highest BCUT2D eigenvalue weighted by Gasteiger charge is 2.14. The van der Waals surface area contributed by atoms with Gasteiger partial charge in [0, 0.05) is 13.6 Å². The van der Waals surface area contributed by atoms with Crippen LogP contribution in [0, 0.1) is 6.92 Å². The van der Waals surface area contributed by atoms with Crippen LogP contribution in [0.15, 0.2) is 18.2 Å². The SMILES string of the molecule is COC(=O)CC(=O)N(C)Cc1ccc(OC)c(C)c1. The van der Waals surface area contributed by atoms with Crippen molar-refractivity contribution in [2.45, 2.75) is 19.9 Å². The van der Waals surface area contributed by atoms with Gasteiger partial charge in [0.2, 0.25) is 5.91 Å². The first-order valence-electron chi connectivity index (χ1n) is 5.92. The van der Waals surface area contributed by atoms with E-state index in [0.717, 1.165) is 16.9 Å². The Bertz CT molecular complexity index is 471. The van der Waals surface area contributed by atoms with E-state index in [2.05, 4.69) is 4.74 Å². The largest absolute Gasteiger partial charge is 0.496 e. The molecule has 0 aliphatic carbocycles. The molecule has 0 atom stereocenters.